The van der Waals surface area contributed by atoms with Gasteiger partial charge in [-0.1, -0.05) is 48.9 Å². The molecule has 2 amide bonds. The van der Waals surface area contributed by atoms with E-state index in [1.54, 1.807) is 23.1 Å². The Hall–Kier alpha value is -2.40. The van der Waals surface area contributed by atoms with Crippen molar-refractivity contribution >= 4 is 23.4 Å². The van der Waals surface area contributed by atoms with E-state index in [-0.39, 0.29) is 36.6 Å². The zero-order valence-corrected chi connectivity index (χ0v) is 17.9. The molecule has 2 aromatic carbocycles. The van der Waals surface area contributed by atoms with Crippen LogP contribution in [0.15, 0.2) is 48.5 Å². The minimum absolute atomic E-state index is 0.0255. The Morgan fingerprint density at radius 3 is 2.34 bits per heavy atom. The Kier molecular flexibility index (Phi) is 8.65. The van der Waals surface area contributed by atoms with Crippen LogP contribution in [0.5, 0.6) is 0 Å². The summed E-state index contributed by atoms with van der Waals surface area (Å²) in [6.45, 7) is 5.89. The van der Waals surface area contributed by atoms with Gasteiger partial charge in [0, 0.05) is 24.0 Å². The van der Waals surface area contributed by atoms with Crippen LogP contribution >= 0.6 is 11.6 Å². The van der Waals surface area contributed by atoms with Crippen LogP contribution in [0.25, 0.3) is 0 Å². The van der Waals surface area contributed by atoms with Crippen molar-refractivity contribution in [1.29, 1.82) is 0 Å². The van der Waals surface area contributed by atoms with Gasteiger partial charge in [0.05, 0.1) is 0 Å². The molecule has 0 aromatic heterocycles. The minimum atomic E-state index is -0.596. The molecule has 0 aliphatic rings. The second kappa shape index (κ2) is 11.0. The highest BCUT2D eigenvalue weighted by Gasteiger charge is 2.28. The van der Waals surface area contributed by atoms with Gasteiger partial charge in [-0.05, 0) is 56.0 Å². The summed E-state index contributed by atoms with van der Waals surface area (Å²) < 4.78 is 13.3. The Morgan fingerprint density at radius 2 is 1.76 bits per heavy atom. The molecule has 1 atom stereocenters. The molecular weight excluding hydrogens is 391 g/mol. The van der Waals surface area contributed by atoms with Gasteiger partial charge in [-0.2, -0.15) is 0 Å². The maximum absolute atomic E-state index is 13.3. The van der Waals surface area contributed by atoms with Crippen LogP contribution in [-0.2, 0) is 22.6 Å². The molecule has 0 saturated heterocycles. The number of hydrogen-bond donors (Lipinski definition) is 1. The van der Waals surface area contributed by atoms with Gasteiger partial charge in [0.25, 0.3) is 0 Å². The van der Waals surface area contributed by atoms with Crippen LogP contribution in [0, 0.1) is 5.82 Å². The van der Waals surface area contributed by atoms with Crippen LogP contribution in [-0.4, -0.2) is 28.8 Å². The first-order chi connectivity index (χ1) is 13.8. The molecule has 4 nitrogen and oxygen atoms in total. The topological polar surface area (TPSA) is 49.4 Å². The van der Waals surface area contributed by atoms with Gasteiger partial charge < -0.3 is 10.2 Å². The number of hydrogen-bond acceptors (Lipinski definition) is 2. The maximum Gasteiger partial charge on any atom is 0.243 e. The molecule has 6 heteroatoms. The van der Waals surface area contributed by atoms with E-state index in [1.165, 1.54) is 12.1 Å². The quantitative estimate of drug-likeness (QED) is 0.639. The predicted octanol–water partition coefficient (Wildman–Crippen LogP) is 4.74. The zero-order valence-electron chi connectivity index (χ0n) is 17.1. The highest BCUT2D eigenvalue weighted by molar-refractivity contribution is 6.31. The average molecular weight is 419 g/mol. The number of aryl methyl sites for hydroxylation is 1. The summed E-state index contributed by atoms with van der Waals surface area (Å²) >= 11 is 6.20. The summed E-state index contributed by atoms with van der Waals surface area (Å²) in [5, 5.41) is 3.51. The lowest BCUT2D eigenvalue weighted by Gasteiger charge is -2.31. The molecule has 0 heterocycles. The fourth-order valence-corrected chi connectivity index (χ4v) is 3.40. The fraction of sp³-hybridized carbons (Fsp3) is 0.391. The number of nitrogens with zero attached hydrogens (tertiary/aromatic N) is 1. The van der Waals surface area contributed by atoms with Crippen molar-refractivity contribution in [2.24, 2.45) is 0 Å². The molecule has 156 valence electrons. The van der Waals surface area contributed by atoms with Crippen LogP contribution in [0.4, 0.5) is 4.39 Å². The molecule has 0 spiro atoms. The number of benzene rings is 2. The third-order valence-electron chi connectivity index (χ3n) is 4.65. The second-order valence-electron chi connectivity index (χ2n) is 7.33. The van der Waals surface area contributed by atoms with E-state index < -0.39 is 6.04 Å². The van der Waals surface area contributed by atoms with Crippen molar-refractivity contribution in [2.45, 2.75) is 58.7 Å². The van der Waals surface area contributed by atoms with Crippen molar-refractivity contribution in [1.82, 2.24) is 10.2 Å². The zero-order chi connectivity index (χ0) is 21.4. The summed E-state index contributed by atoms with van der Waals surface area (Å²) in [4.78, 5) is 27.4. The average Bonchev–Trinajstić information content (AvgIpc) is 2.68. The van der Waals surface area contributed by atoms with E-state index in [0.717, 1.165) is 11.1 Å². The predicted molar refractivity (Wildman–Crippen MR) is 114 cm³/mol. The van der Waals surface area contributed by atoms with E-state index in [0.29, 0.717) is 17.9 Å². The highest BCUT2D eigenvalue weighted by Crippen LogP contribution is 2.19. The summed E-state index contributed by atoms with van der Waals surface area (Å²) in [7, 11) is 0. The summed E-state index contributed by atoms with van der Waals surface area (Å²) in [5.41, 5.74) is 1.66. The van der Waals surface area contributed by atoms with E-state index in [2.05, 4.69) is 5.32 Å². The number of carbonyl (C=O) groups is 2. The molecular formula is C23H28ClFN2O2. The van der Waals surface area contributed by atoms with E-state index in [1.807, 2.05) is 39.0 Å². The maximum atomic E-state index is 13.3. The normalized spacial score (nSPS) is 11.9. The first kappa shape index (κ1) is 22.9. The van der Waals surface area contributed by atoms with Gasteiger partial charge in [-0.25, -0.2) is 4.39 Å². The fourth-order valence-electron chi connectivity index (χ4n) is 3.17. The van der Waals surface area contributed by atoms with Gasteiger partial charge in [-0.15, -0.1) is 0 Å². The molecule has 29 heavy (non-hydrogen) atoms. The van der Waals surface area contributed by atoms with Gasteiger partial charge in [0.2, 0.25) is 11.8 Å². The lowest BCUT2D eigenvalue weighted by Crippen LogP contribution is -2.50. The summed E-state index contributed by atoms with van der Waals surface area (Å²) in [5.74, 6) is -0.661. The molecule has 1 N–H and O–H groups in total. The Balaban J connectivity index is 2.21. The molecule has 0 aliphatic heterocycles. The molecule has 2 aromatic rings. The van der Waals surface area contributed by atoms with E-state index >= 15 is 0 Å². The van der Waals surface area contributed by atoms with Crippen molar-refractivity contribution in [3.63, 3.8) is 0 Å². The monoisotopic (exact) mass is 418 g/mol. The molecule has 0 saturated carbocycles. The summed E-state index contributed by atoms with van der Waals surface area (Å²) in [6, 6.07) is 12.8. The molecule has 0 bridgehead atoms. The molecule has 2 rings (SSSR count). The van der Waals surface area contributed by atoms with Gasteiger partial charge in [-0.3, -0.25) is 9.59 Å². The number of rotatable bonds is 9. The van der Waals surface area contributed by atoms with Crippen LogP contribution < -0.4 is 5.32 Å². The molecule has 0 fully saturated rings. The lowest BCUT2D eigenvalue weighted by molar-refractivity contribution is -0.141. The number of amides is 2. The van der Waals surface area contributed by atoms with Crippen LogP contribution in [0.1, 0.15) is 44.7 Å². The third-order valence-corrected chi connectivity index (χ3v) is 5.02. The highest BCUT2D eigenvalue weighted by atomic mass is 35.5. The standard InChI is InChI=1S/C23H28ClFN2O2/c1-4-21(23(29)26-16(2)3)27(15-17-9-12-19(25)13-10-17)22(28)14-11-18-7-5-6-8-20(18)24/h5-10,12-13,16,21H,4,11,14-15H2,1-3H3,(H,26,29)/t21-/m1/s1. The number of halogens is 2. The van der Waals surface area contributed by atoms with Crippen LogP contribution in [0.2, 0.25) is 5.02 Å². The SMILES string of the molecule is CC[C@H](C(=O)NC(C)C)N(Cc1ccc(F)cc1)C(=O)CCc1ccccc1Cl. The smallest absolute Gasteiger partial charge is 0.243 e. The van der Waals surface area contributed by atoms with Crippen molar-refractivity contribution < 1.29 is 14.0 Å². The van der Waals surface area contributed by atoms with E-state index in [9.17, 15) is 14.0 Å². The minimum Gasteiger partial charge on any atom is -0.352 e. The van der Waals surface area contributed by atoms with Gasteiger partial charge in [0.1, 0.15) is 11.9 Å². The lowest BCUT2D eigenvalue weighted by atomic mass is 10.1. The molecule has 0 unspecified atom stereocenters. The Labute approximate surface area is 177 Å². The third kappa shape index (κ3) is 6.86. The number of carbonyl (C=O) groups excluding carboxylic acids is 2. The van der Waals surface area contributed by atoms with E-state index in [4.69, 9.17) is 11.6 Å². The Morgan fingerprint density at radius 1 is 1.10 bits per heavy atom. The molecule has 0 radical (unpaired) electrons. The van der Waals surface area contributed by atoms with Gasteiger partial charge in [0.15, 0.2) is 0 Å². The largest absolute Gasteiger partial charge is 0.352 e. The van der Waals surface area contributed by atoms with Crippen molar-refractivity contribution in [3.05, 3.63) is 70.5 Å². The van der Waals surface area contributed by atoms with Crippen molar-refractivity contribution in [3.8, 4) is 0 Å². The summed E-state index contributed by atoms with van der Waals surface area (Å²) in [6.07, 6.45) is 1.20. The Bertz CT molecular complexity index is 824. The first-order valence-electron chi connectivity index (χ1n) is 9.89. The van der Waals surface area contributed by atoms with Gasteiger partial charge >= 0.3 is 0 Å². The number of nitrogens with one attached hydrogen (secondary N) is 1. The molecule has 0 aliphatic carbocycles. The van der Waals surface area contributed by atoms with Crippen molar-refractivity contribution in [2.75, 3.05) is 0 Å². The van der Waals surface area contributed by atoms with Crippen LogP contribution in [0.3, 0.4) is 0 Å². The second-order valence-corrected chi connectivity index (χ2v) is 7.73. The first-order valence-corrected chi connectivity index (χ1v) is 10.3.